The van der Waals surface area contributed by atoms with E-state index < -0.39 is 0 Å². The van der Waals surface area contributed by atoms with Crippen molar-refractivity contribution < 1.29 is 4.79 Å². The van der Waals surface area contributed by atoms with Crippen LogP contribution in [0.4, 0.5) is 11.9 Å². The molecule has 0 fully saturated rings. The van der Waals surface area contributed by atoms with Crippen LogP contribution in [0.5, 0.6) is 0 Å². The van der Waals surface area contributed by atoms with Gasteiger partial charge < -0.3 is 16.0 Å². The van der Waals surface area contributed by atoms with Crippen molar-refractivity contribution in [1.29, 1.82) is 0 Å². The highest BCUT2D eigenvalue weighted by Crippen LogP contribution is 1.97. The Bertz CT molecular complexity index is 293. The molecule has 7 heteroatoms. The summed E-state index contributed by atoms with van der Waals surface area (Å²) >= 11 is 0. The van der Waals surface area contributed by atoms with Crippen molar-refractivity contribution in [1.82, 2.24) is 20.1 Å². The van der Waals surface area contributed by atoms with Crippen LogP contribution >= 0.6 is 0 Å². The molecular weight excluding hydrogens is 172 g/mol. The van der Waals surface area contributed by atoms with Crippen LogP contribution in [-0.4, -0.2) is 46.6 Å². The lowest BCUT2D eigenvalue weighted by atomic mass is 10.5. The lowest BCUT2D eigenvalue weighted by molar-refractivity contribution is -0.126. The van der Waals surface area contributed by atoms with Crippen LogP contribution < -0.4 is 11.1 Å². The molecule has 0 aliphatic heterocycles. The van der Waals surface area contributed by atoms with E-state index in [1.807, 2.05) is 0 Å². The molecule has 72 valence electrons. The predicted molar refractivity (Wildman–Crippen MR) is 48.0 cm³/mol. The second-order valence-corrected chi connectivity index (χ2v) is 2.69. The van der Waals surface area contributed by atoms with Crippen LogP contribution in [0.25, 0.3) is 0 Å². The summed E-state index contributed by atoms with van der Waals surface area (Å²) < 4.78 is 0. The number of likely N-dealkylation sites (N-methyl/N-ethyl adjacent to an activating group) is 1. The number of rotatable bonds is 3. The van der Waals surface area contributed by atoms with Crippen molar-refractivity contribution in [3.05, 3.63) is 0 Å². The summed E-state index contributed by atoms with van der Waals surface area (Å²) in [5, 5.41) is 8.88. The fraction of sp³-hybridized carbons (Fsp3) is 0.500. The Balaban J connectivity index is 2.39. The summed E-state index contributed by atoms with van der Waals surface area (Å²) in [5.74, 6) is 0.496. The Morgan fingerprint density at radius 2 is 2.38 bits per heavy atom. The molecule has 0 unspecified atom stereocenters. The minimum atomic E-state index is -0.0524. The number of H-pyrrole nitrogens is 1. The Kier molecular flexibility index (Phi) is 2.68. The zero-order valence-corrected chi connectivity index (χ0v) is 7.53. The van der Waals surface area contributed by atoms with Crippen molar-refractivity contribution in [2.75, 3.05) is 31.7 Å². The zero-order chi connectivity index (χ0) is 9.84. The van der Waals surface area contributed by atoms with Crippen molar-refractivity contribution in [3.63, 3.8) is 0 Å². The van der Waals surface area contributed by atoms with Crippen LogP contribution in [0.1, 0.15) is 0 Å². The van der Waals surface area contributed by atoms with E-state index in [1.165, 1.54) is 4.90 Å². The molecule has 1 aromatic heterocycles. The number of nitrogens with two attached hydrogens (primary N) is 1. The first-order chi connectivity index (χ1) is 6.09. The number of nitrogens with one attached hydrogen (secondary N) is 2. The number of carbonyl (C=O) groups excluding carboxylic acids is 1. The number of hydrogen-bond donors (Lipinski definition) is 3. The molecule has 13 heavy (non-hydrogen) atoms. The van der Waals surface area contributed by atoms with Crippen LogP contribution in [0.2, 0.25) is 0 Å². The molecule has 0 radical (unpaired) electrons. The number of nitrogen functional groups attached to an aromatic ring is 1. The van der Waals surface area contributed by atoms with E-state index in [1.54, 1.807) is 14.1 Å². The molecule has 4 N–H and O–H groups in total. The number of aromatic amines is 1. The van der Waals surface area contributed by atoms with Crippen molar-refractivity contribution >= 4 is 17.8 Å². The molecule has 1 aromatic rings. The highest BCUT2D eigenvalue weighted by atomic mass is 16.2. The Labute approximate surface area is 75.3 Å². The molecule has 0 saturated heterocycles. The molecule has 0 saturated carbocycles. The predicted octanol–water partition coefficient (Wildman–Crippen LogP) is -1.11. The maximum atomic E-state index is 11.1. The summed E-state index contributed by atoms with van der Waals surface area (Å²) in [6.07, 6.45) is 0. The molecule has 1 amide bonds. The quantitative estimate of drug-likeness (QED) is 0.553. The number of hydrogen-bond acceptors (Lipinski definition) is 5. The van der Waals surface area contributed by atoms with Gasteiger partial charge in [-0.15, -0.1) is 5.10 Å². The first-order valence-corrected chi connectivity index (χ1v) is 3.71. The van der Waals surface area contributed by atoms with E-state index in [9.17, 15) is 4.79 Å². The zero-order valence-electron chi connectivity index (χ0n) is 7.53. The molecule has 0 spiro atoms. The molecule has 0 atom stereocenters. The lowest BCUT2D eigenvalue weighted by Crippen LogP contribution is -2.28. The fourth-order valence-electron chi connectivity index (χ4n) is 0.666. The molecule has 0 aromatic carbocycles. The van der Waals surface area contributed by atoms with Gasteiger partial charge in [-0.1, -0.05) is 0 Å². The number of amides is 1. The van der Waals surface area contributed by atoms with Crippen LogP contribution in [0.15, 0.2) is 0 Å². The number of anilines is 2. The van der Waals surface area contributed by atoms with E-state index in [4.69, 9.17) is 5.73 Å². The van der Waals surface area contributed by atoms with Gasteiger partial charge in [0.05, 0.1) is 6.54 Å². The van der Waals surface area contributed by atoms with Crippen LogP contribution in [-0.2, 0) is 4.79 Å². The van der Waals surface area contributed by atoms with E-state index in [0.29, 0.717) is 5.95 Å². The highest BCUT2D eigenvalue weighted by Gasteiger charge is 2.05. The van der Waals surface area contributed by atoms with Crippen molar-refractivity contribution in [2.24, 2.45) is 0 Å². The fourth-order valence-corrected chi connectivity index (χ4v) is 0.666. The minimum Gasteiger partial charge on any atom is -0.368 e. The molecule has 7 nitrogen and oxygen atoms in total. The van der Waals surface area contributed by atoms with Gasteiger partial charge in [-0.2, -0.15) is 4.98 Å². The average molecular weight is 184 g/mol. The second kappa shape index (κ2) is 3.74. The second-order valence-electron chi connectivity index (χ2n) is 2.69. The number of aromatic nitrogens is 3. The van der Waals surface area contributed by atoms with Gasteiger partial charge in [-0.25, -0.2) is 5.10 Å². The molecule has 0 aliphatic carbocycles. The third kappa shape index (κ3) is 2.62. The molecule has 0 aliphatic rings. The summed E-state index contributed by atoms with van der Waals surface area (Å²) in [7, 11) is 3.35. The van der Waals surface area contributed by atoms with Crippen molar-refractivity contribution in [2.45, 2.75) is 0 Å². The number of carbonyl (C=O) groups is 1. The first-order valence-electron chi connectivity index (χ1n) is 3.71. The van der Waals surface area contributed by atoms with E-state index in [-0.39, 0.29) is 18.4 Å². The SMILES string of the molecule is CN(C)C(=O)CNc1n[nH]c(N)n1. The Morgan fingerprint density at radius 1 is 1.69 bits per heavy atom. The monoisotopic (exact) mass is 184 g/mol. The van der Waals surface area contributed by atoms with E-state index in [0.717, 1.165) is 0 Å². The number of nitrogens with zero attached hydrogens (tertiary/aromatic N) is 3. The summed E-state index contributed by atoms with van der Waals surface area (Å²) in [6, 6.07) is 0. The smallest absolute Gasteiger partial charge is 0.244 e. The standard InChI is InChI=1S/C6H12N6O/c1-12(2)4(13)3-8-6-9-5(7)10-11-6/h3H2,1-2H3,(H4,7,8,9,10,11). The summed E-state index contributed by atoms with van der Waals surface area (Å²) in [5.41, 5.74) is 5.28. The third-order valence-corrected chi connectivity index (χ3v) is 1.40. The lowest BCUT2D eigenvalue weighted by Gasteiger charge is -2.09. The maximum absolute atomic E-state index is 11.1. The van der Waals surface area contributed by atoms with E-state index >= 15 is 0 Å². The van der Waals surface area contributed by atoms with E-state index in [2.05, 4.69) is 20.5 Å². The third-order valence-electron chi connectivity index (χ3n) is 1.40. The Hall–Kier alpha value is -1.79. The first kappa shape index (κ1) is 9.30. The van der Waals surface area contributed by atoms with Crippen LogP contribution in [0, 0.1) is 0 Å². The van der Waals surface area contributed by atoms with Gasteiger partial charge in [-0.3, -0.25) is 4.79 Å². The van der Waals surface area contributed by atoms with Crippen molar-refractivity contribution in [3.8, 4) is 0 Å². The molecule has 1 rings (SSSR count). The van der Waals surface area contributed by atoms with Gasteiger partial charge >= 0.3 is 0 Å². The average Bonchev–Trinajstić information content (AvgIpc) is 2.47. The summed E-state index contributed by atoms with van der Waals surface area (Å²) in [4.78, 5) is 16.3. The van der Waals surface area contributed by atoms with Gasteiger partial charge in [0.1, 0.15) is 0 Å². The largest absolute Gasteiger partial charge is 0.368 e. The molecular formula is C6H12N6O. The molecule has 1 heterocycles. The normalized spacial score (nSPS) is 9.69. The van der Waals surface area contributed by atoms with Gasteiger partial charge in [0.2, 0.25) is 17.8 Å². The van der Waals surface area contributed by atoms with Gasteiger partial charge in [0.25, 0.3) is 0 Å². The maximum Gasteiger partial charge on any atom is 0.244 e. The summed E-state index contributed by atoms with van der Waals surface area (Å²) in [6.45, 7) is 0.157. The van der Waals surface area contributed by atoms with Gasteiger partial charge in [0, 0.05) is 14.1 Å². The van der Waals surface area contributed by atoms with Gasteiger partial charge in [-0.05, 0) is 0 Å². The minimum absolute atomic E-state index is 0.0524. The molecule has 0 bridgehead atoms. The Morgan fingerprint density at radius 3 is 2.85 bits per heavy atom. The van der Waals surface area contributed by atoms with Gasteiger partial charge in [0.15, 0.2) is 0 Å². The van der Waals surface area contributed by atoms with Crippen LogP contribution in [0.3, 0.4) is 0 Å². The highest BCUT2D eigenvalue weighted by molar-refractivity contribution is 5.79. The topological polar surface area (TPSA) is 99.9 Å².